The lowest BCUT2D eigenvalue weighted by molar-refractivity contribution is -0.385. The van der Waals surface area contributed by atoms with Gasteiger partial charge < -0.3 is 14.4 Å². The molecule has 1 amide bonds. The fraction of sp³-hybridized carbons (Fsp3) is 0.500. The summed E-state index contributed by atoms with van der Waals surface area (Å²) in [6, 6.07) is 4.14. The maximum absolute atomic E-state index is 11.7. The van der Waals surface area contributed by atoms with E-state index < -0.39 is 16.6 Å². The molecule has 1 rings (SSSR count). The fourth-order valence-corrected chi connectivity index (χ4v) is 1.65. The van der Waals surface area contributed by atoms with Gasteiger partial charge in [-0.2, -0.15) is 0 Å². The Balaban J connectivity index is 2.58. The quantitative estimate of drug-likeness (QED) is 0.609. The Morgan fingerprint density at radius 3 is 2.59 bits per heavy atom. The van der Waals surface area contributed by atoms with Crippen LogP contribution in [0.1, 0.15) is 20.8 Å². The Labute approximate surface area is 133 Å². The first-order chi connectivity index (χ1) is 10.1. The second-order valence-corrected chi connectivity index (χ2v) is 6.06. The third-order valence-electron chi connectivity index (χ3n) is 2.51. The van der Waals surface area contributed by atoms with Gasteiger partial charge in [-0.3, -0.25) is 10.1 Å². The highest BCUT2D eigenvalue weighted by atomic mass is 35.5. The molecule has 0 heterocycles. The van der Waals surface area contributed by atoms with Crippen LogP contribution in [0, 0.1) is 10.1 Å². The fourth-order valence-electron chi connectivity index (χ4n) is 1.48. The summed E-state index contributed by atoms with van der Waals surface area (Å²) in [6.45, 7) is 5.64. The highest BCUT2D eigenvalue weighted by molar-refractivity contribution is 6.30. The molecule has 0 saturated carbocycles. The molecule has 0 N–H and O–H groups in total. The molecule has 0 radical (unpaired) electrons. The molecule has 0 bridgehead atoms. The van der Waals surface area contributed by atoms with Gasteiger partial charge in [-0.05, 0) is 32.9 Å². The number of hydrogen-bond acceptors (Lipinski definition) is 5. The molecule has 1 aromatic carbocycles. The van der Waals surface area contributed by atoms with Gasteiger partial charge in [-0.25, -0.2) is 4.79 Å². The Kier molecular flexibility index (Phi) is 5.99. The standard InChI is InChI=1S/C14H19ClN2O5/c1-14(2,3)22-13(18)16(4)7-8-21-12-6-5-10(15)9-11(12)17(19)20/h5-6,9H,7-8H2,1-4H3. The van der Waals surface area contributed by atoms with E-state index in [4.69, 9.17) is 21.1 Å². The lowest BCUT2D eigenvalue weighted by Crippen LogP contribution is -2.36. The number of carbonyl (C=O) groups excluding carboxylic acids is 1. The van der Waals surface area contributed by atoms with Crippen LogP contribution in [0.15, 0.2) is 18.2 Å². The summed E-state index contributed by atoms with van der Waals surface area (Å²) in [7, 11) is 1.56. The van der Waals surface area contributed by atoms with E-state index in [9.17, 15) is 14.9 Å². The summed E-state index contributed by atoms with van der Waals surface area (Å²) in [5.74, 6) is 0.104. The molecule has 7 nitrogen and oxygen atoms in total. The van der Waals surface area contributed by atoms with Crippen LogP contribution in [0.3, 0.4) is 0 Å². The number of nitro groups is 1. The van der Waals surface area contributed by atoms with E-state index in [2.05, 4.69) is 0 Å². The van der Waals surface area contributed by atoms with Gasteiger partial charge in [-0.1, -0.05) is 11.6 Å². The van der Waals surface area contributed by atoms with Gasteiger partial charge >= 0.3 is 11.8 Å². The molecular formula is C14H19ClN2O5. The zero-order chi connectivity index (χ0) is 16.9. The van der Waals surface area contributed by atoms with Crippen LogP contribution in [0.4, 0.5) is 10.5 Å². The van der Waals surface area contributed by atoms with Gasteiger partial charge in [0.1, 0.15) is 12.2 Å². The number of benzene rings is 1. The van der Waals surface area contributed by atoms with Crippen LogP contribution in [0.5, 0.6) is 5.75 Å². The average Bonchev–Trinajstić information content (AvgIpc) is 2.38. The predicted octanol–water partition coefficient (Wildman–Crippen LogP) is 3.49. The highest BCUT2D eigenvalue weighted by Gasteiger charge is 2.20. The van der Waals surface area contributed by atoms with Crippen molar-refractivity contribution in [1.29, 1.82) is 0 Å². The maximum atomic E-state index is 11.7. The molecule has 0 aliphatic carbocycles. The van der Waals surface area contributed by atoms with Crippen molar-refractivity contribution < 1.29 is 19.2 Å². The van der Waals surface area contributed by atoms with Crippen LogP contribution in [-0.2, 0) is 4.74 Å². The molecule has 122 valence electrons. The summed E-state index contributed by atoms with van der Waals surface area (Å²) in [6.07, 6.45) is -0.485. The van der Waals surface area contributed by atoms with Gasteiger partial charge in [0.05, 0.1) is 11.5 Å². The van der Waals surface area contributed by atoms with Crippen molar-refractivity contribution in [2.75, 3.05) is 20.2 Å². The maximum Gasteiger partial charge on any atom is 0.410 e. The van der Waals surface area contributed by atoms with Crippen molar-refractivity contribution in [1.82, 2.24) is 4.90 Å². The summed E-state index contributed by atoms with van der Waals surface area (Å²) < 4.78 is 10.5. The Morgan fingerprint density at radius 1 is 1.41 bits per heavy atom. The minimum Gasteiger partial charge on any atom is -0.485 e. The Morgan fingerprint density at radius 2 is 2.05 bits per heavy atom. The molecule has 0 unspecified atom stereocenters. The van der Waals surface area contributed by atoms with Gasteiger partial charge in [0.25, 0.3) is 0 Å². The molecule has 1 aromatic rings. The smallest absolute Gasteiger partial charge is 0.410 e. The van der Waals surface area contributed by atoms with Crippen molar-refractivity contribution in [2.45, 2.75) is 26.4 Å². The first kappa shape index (κ1) is 18.0. The molecule has 0 saturated heterocycles. The summed E-state index contributed by atoms with van der Waals surface area (Å²) in [4.78, 5) is 23.4. The van der Waals surface area contributed by atoms with Gasteiger partial charge in [0.2, 0.25) is 0 Å². The lowest BCUT2D eigenvalue weighted by atomic mass is 10.2. The van der Waals surface area contributed by atoms with E-state index in [1.165, 1.54) is 23.1 Å². The van der Waals surface area contributed by atoms with E-state index in [-0.39, 0.29) is 29.6 Å². The molecule has 22 heavy (non-hydrogen) atoms. The van der Waals surface area contributed by atoms with Crippen LogP contribution >= 0.6 is 11.6 Å². The molecule has 0 spiro atoms. The van der Waals surface area contributed by atoms with Crippen LogP contribution in [0.25, 0.3) is 0 Å². The third-order valence-corrected chi connectivity index (χ3v) is 2.74. The number of likely N-dealkylation sites (N-methyl/N-ethyl adjacent to an activating group) is 1. The molecular weight excluding hydrogens is 312 g/mol. The molecule has 0 fully saturated rings. The second-order valence-electron chi connectivity index (χ2n) is 5.62. The number of nitro benzene ring substituents is 1. The van der Waals surface area contributed by atoms with Crippen molar-refractivity contribution in [3.8, 4) is 5.75 Å². The van der Waals surface area contributed by atoms with Gasteiger partial charge in [0.15, 0.2) is 5.75 Å². The van der Waals surface area contributed by atoms with Crippen LogP contribution in [0.2, 0.25) is 5.02 Å². The van der Waals surface area contributed by atoms with Crippen molar-refractivity contribution in [3.05, 3.63) is 33.3 Å². The van der Waals surface area contributed by atoms with Crippen LogP contribution in [-0.4, -0.2) is 41.7 Å². The van der Waals surface area contributed by atoms with E-state index >= 15 is 0 Å². The first-order valence-electron chi connectivity index (χ1n) is 6.61. The van der Waals surface area contributed by atoms with E-state index in [1.807, 2.05) is 0 Å². The Bertz CT molecular complexity index is 557. The summed E-state index contributed by atoms with van der Waals surface area (Å²) in [5, 5.41) is 11.2. The number of rotatable bonds is 5. The monoisotopic (exact) mass is 330 g/mol. The van der Waals surface area contributed by atoms with Gasteiger partial charge in [-0.15, -0.1) is 0 Å². The zero-order valence-electron chi connectivity index (χ0n) is 13.0. The number of halogens is 1. The summed E-state index contributed by atoms with van der Waals surface area (Å²) in [5.41, 5.74) is -0.798. The number of carbonyl (C=O) groups is 1. The van der Waals surface area contributed by atoms with E-state index in [0.717, 1.165) is 0 Å². The topological polar surface area (TPSA) is 81.9 Å². The predicted molar refractivity (Wildman–Crippen MR) is 82.5 cm³/mol. The van der Waals surface area contributed by atoms with Crippen molar-refractivity contribution in [2.24, 2.45) is 0 Å². The number of ether oxygens (including phenoxy) is 2. The van der Waals surface area contributed by atoms with E-state index in [1.54, 1.807) is 27.8 Å². The molecule has 0 atom stereocenters. The second kappa shape index (κ2) is 7.31. The third kappa shape index (κ3) is 5.77. The lowest BCUT2D eigenvalue weighted by Gasteiger charge is -2.24. The molecule has 8 heteroatoms. The minimum absolute atomic E-state index is 0.0955. The van der Waals surface area contributed by atoms with Crippen LogP contribution < -0.4 is 4.74 Å². The first-order valence-corrected chi connectivity index (χ1v) is 6.99. The zero-order valence-corrected chi connectivity index (χ0v) is 13.7. The number of amides is 1. The molecule has 0 aromatic heterocycles. The van der Waals surface area contributed by atoms with E-state index in [0.29, 0.717) is 0 Å². The minimum atomic E-state index is -0.582. The SMILES string of the molecule is CN(CCOc1ccc(Cl)cc1[N+](=O)[O-])C(=O)OC(C)(C)C. The number of hydrogen-bond donors (Lipinski definition) is 0. The van der Waals surface area contributed by atoms with Crippen molar-refractivity contribution in [3.63, 3.8) is 0 Å². The summed E-state index contributed by atoms with van der Waals surface area (Å²) >= 11 is 5.72. The Hall–Kier alpha value is -2.02. The van der Waals surface area contributed by atoms with Crippen molar-refractivity contribution >= 4 is 23.4 Å². The molecule has 0 aliphatic heterocycles. The average molecular weight is 331 g/mol. The number of nitrogens with zero attached hydrogens (tertiary/aromatic N) is 2. The highest BCUT2D eigenvalue weighted by Crippen LogP contribution is 2.29. The normalized spacial score (nSPS) is 11.0. The molecule has 0 aliphatic rings. The van der Waals surface area contributed by atoms with Gasteiger partial charge in [0, 0.05) is 18.1 Å². The largest absolute Gasteiger partial charge is 0.485 e.